The summed E-state index contributed by atoms with van der Waals surface area (Å²) in [5, 5.41) is 12.4. The number of anilines is 2. The molecule has 0 aliphatic carbocycles. The van der Waals surface area contributed by atoms with Crippen LogP contribution in [0.15, 0.2) is 6.20 Å². The van der Waals surface area contributed by atoms with Gasteiger partial charge in [-0.2, -0.15) is 17.6 Å². The topological polar surface area (TPSA) is 93.3 Å². The molecule has 0 aliphatic rings. The highest BCUT2D eigenvalue weighted by Crippen LogP contribution is 2.31. The Balaban J connectivity index is 2.91. The Hall–Kier alpha value is -1.21. The Morgan fingerprint density at radius 2 is 2.26 bits per heavy atom. The van der Waals surface area contributed by atoms with E-state index >= 15 is 0 Å². The molecule has 0 radical (unpaired) electrons. The van der Waals surface area contributed by atoms with Crippen LogP contribution in [0.1, 0.15) is 32.6 Å². The second kappa shape index (κ2) is 7.40. The summed E-state index contributed by atoms with van der Waals surface area (Å²) >= 11 is 4.64. The van der Waals surface area contributed by atoms with E-state index in [0.29, 0.717) is 18.0 Å². The van der Waals surface area contributed by atoms with Gasteiger partial charge in [-0.05, 0) is 6.42 Å². The molecule has 0 aromatic carbocycles. The van der Waals surface area contributed by atoms with Crippen LogP contribution < -0.4 is 15.8 Å². The van der Waals surface area contributed by atoms with Crippen LogP contribution in [-0.2, 0) is 0 Å². The van der Waals surface area contributed by atoms with Crippen molar-refractivity contribution < 1.29 is 9.84 Å². The van der Waals surface area contributed by atoms with E-state index in [1.165, 1.54) is 6.20 Å². The molecule has 0 saturated carbocycles. The summed E-state index contributed by atoms with van der Waals surface area (Å²) < 4.78 is 5.19. The Morgan fingerprint density at radius 3 is 2.84 bits per heavy atom. The number of nitrogens with zero attached hydrogens (tertiary/aromatic N) is 2. The van der Waals surface area contributed by atoms with Crippen LogP contribution >= 0.6 is 12.6 Å². The Morgan fingerprint density at radius 1 is 1.53 bits per heavy atom. The second-order valence-corrected chi connectivity index (χ2v) is 5.23. The molecule has 0 spiro atoms. The lowest BCUT2D eigenvalue weighted by Gasteiger charge is -2.30. The average Bonchev–Trinajstić information content (AvgIpc) is 2.37. The van der Waals surface area contributed by atoms with Gasteiger partial charge in [-0.3, -0.25) is 0 Å². The summed E-state index contributed by atoms with van der Waals surface area (Å²) in [5.41, 5.74) is 5.58. The average molecular weight is 286 g/mol. The molecule has 4 N–H and O–H groups in total. The minimum atomic E-state index is -0.543. The van der Waals surface area contributed by atoms with Crippen LogP contribution in [0.2, 0.25) is 0 Å². The number of nitrogen functional groups attached to an aromatic ring is 1. The van der Waals surface area contributed by atoms with Crippen molar-refractivity contribution >= 4 is 24.4 Å². The molecule has 1 heterocycles. The molecular formula is C12H22N4O2S. The highest BCUT2D eigenvalue weighted by molar-refractivity contribution is 7.82. The molecule has 6 nitrogen and oxygen atoms in total. The van der Waals surface area contributed by atoms with Crippen LogP contribution in [0.25, 0.3) is 0 Å². The quantitative estimate of drug-likeness (QED) is 0.429. The third-order valence-electron chi connectivity index (χ3n) is 2.81. The van der Waals surface area contributed by atoms with Crippen LogP contribution in [0, 0.1) is 0 Å². The summed E-state index contributed by atoms with van der Waals surface area (Å²) in [4.78, 5) is 7.45. The Kier molecular flexibility index (Phi) is 6.17. The lowest BCUT2D eigenvalue weighted by atomic mass is 10.1. The number of nitrogens with two attached hydrogens (primary N) is 1. The molecular weight excluding hydrogens is 264 g/mol. The maximum Gasteiger partial charge on any atom is 0.222 e. The van der Waals surface area contributed by atoms with Crippen LogP contribution in [0.3, 0.4) is 0 Å². The molecule has 7 heteroatoms. The number of aliphatic hydroxyl groups is 1. The highest BCUT2D eigenvalue weighted by Gasteiger charge is 2.26. The van der Waals surface area contributed by atoms with Crippen molar-refractivity contribution in [3.8, 4) is 5.75 Å². The van der Waals surface area contributed by atoms with E-state index in [1.54, 1.807) is 7.11 Å². The predicted molar refractivity (Wildman–Crippen MR) is 79.6 cm³/mol. The largest absolute Gasteiger partial charge is 0.491 e. The fourth-order valence-electron chi connectivity index (χ4n) is 1.75. The molecule has 1 aromatic rings. The zero-order valence-electron chi connectivity index (χ0n) is 11.4. The van der Waals surface area contributed by atoms with Crippen LogP contribution in [0.5, 0.6) is 5.75 Å². The predicted octanol–water partition coefficient (Wildman–Crippen LogP) is 1.68. The number of unbranched alkanes of at least 4 members (excludes halogenated alkanes) is 1. The first-order valence-corrected chi connectivity index (χ1v) is 6.77. The van der Waals surface area contributed by atoms with Crippen molar-refractivity contribution in [2.75, 3.05) is 24.8 Å². The number of nitrogens with one attached hydrogen (secondary N) is 1. The molecule has 1 rings (SSSR count). The van der Waals surface area contributed by atoms with Gasteiger partial charge in [-0.15, -0.1) is 0 Å². The van der Waals surface area contributed by atoms with E-state index in [0.717, 1.165) is 19.3 Å². The Bertz CT molecular complexity index is 405. The second-order valence-electron chi connectivity index (χ2n) is 4.38. The number of hydrogen-bond acceptors (Lipinski definition) is 7. The maximum absolute atomic E-state index is 9.18. The minimum absolute atomic E-state index is 0.0447. The molecule has 19 heavy (non-hydrogen) atoms. The number of methoxy groups -OCH3 is 1. The summed E-state index contributed by atoms with van der Waals surface area (Å²) in [5.74, 6) is 1.16. The van der Waals surface area contributed by atoms with Gasteiger partial charge in [0.2, 0.25) is 5.95 Å². The fourth-order valence-corrected chi connectivity index (χ4v) is 2.11. The standard InChI is InChI=1S/C12H22N4O2S/c1-3-4-5-12(19,6-7-17)16-10-9(18-2)8-14-11(13)15-10/h8,17,19H,3-7H2,1-2H3,(H3,13,14,15,16)/t12-/m0/s1. The molecule has 1 atom stereocenters. The third kappa shape index (κ3) is 4.76. The lowest BCUT2D eigenvalue weighted by molar-refractivity contribution is 0.269. The van der Waals surface area contributed by atoms with Crippen molar-refractivity contribution in [2.24, 2.45) is 0 Å². The van der Waals surface area contributed by atoms with Gasteiger partial charge in [0.25, 0.3) is 0 Å². The number of thiol groups is 1. The van der Waals surface area contributed by atoms with Gasteiger partial charge in [-0.1, -0.05) is 19.8 Å². The summed E-state index contributed by atoms with van der Waals surface area (Å²) in [6.07, 6.45) is 4.87. The van der Waals surface area contributed by atoms with Crippen molar-refractivity contribution in [3.63, 3.8) is 0 Å². The van der Waals surface area contributed by atoms with Gasteiger partial charge in [-0.25, -0.2) is 4.98 Å². The van der Waals surface area contributed by atoms with Gasteiger partial charge in [0, 0.05) is 13.0 Å². The molecule has 0 aliphatic heterocycles. The lowest BCUT2D eigenvalue weighted by Crippen LogP contribution is -2.34. The van der Waals surface area contributed by atoms with Gasteiger partial charge in [0.05, 0.1) is 18.2 Å². The van der Waals surface area contributed by atoms with E-state index in [1.807, 2.05) is 0 Å². The normalized spacial score (nSPS) is 13.9. The van der Waals surface area contributed by atoms with Crippen molar-refractivity contribution in [2.45, 2.75) is 37.5 Å². The molecule has 0 amide bonds. The fraction of sp³-hybridized carbons (Fsp3) is 0.667. The van der Waals surface area contributed by atoms with Gasteiger partial charge < -0.3 is 20.9 Å². The number of ether oxygens (including phenoxy) is 1. The first-order valence-electron chi connectivity index (χ1n) is 6.32. The molecule has 0 bridgehead atoms. The summed E-state index contributed by atoms with van der Waals surface area (Å²) in [6, 6.07) is 0. The first kappa shape index (κ1) is 15.8. The van der Waals surface area contributed by atoms with Crippen LogP contribution in [-0.4, -0.2) is 33.7 Å². The number of aliphatic hydroxyl groups excluding tert-OH is 1. The molecule has 0 saturated heterocycles. The molecule has 0 fully saturated rings. The summed E-state index contributed by atoms with van der Waals surface area (Å²) in [6.45, 7) is 2.15. The van der Waals surface area contributed by atoms with Crippen LogP contribution in [0.4, 0.5) is 11.8 Å². The van der Waals surface area contributed by atoms with Gasteiger partial charge >= 0.3 is 0 Å². The zero-order valence-corrected chi connectivity index (χ0v) is 12.3. The zero-order chi connectivity index (χ0) is 14.3. The van der Waals surface area contributed by atoms with E-state index in [2.05, 4.69) is 34.8 Å². The minimum Gasteiger partial charge on any atom is -0.491 e. The van der Waals surface area contributed by atoms with Crippen molar-refractivity contribution in [1.82, 2.24) is 9.97 Å². The van der Waals surface area contributed by atoms with Gasteiger partial charge in [0.1, 0.15) is 0 Å². The number of rotatable bonds is 8. The van der Waals surface area contributed by atoms with Gasteiger partial charge in [0.15, 0.2) is 11.6 Å². The van der Waals surface area contributed by atoms with Crippen molar-refractivity contribution in [1.29, 1.82) is 0 Å². The van der Waals surface area contributed by atoms with E-state index in [9.17, 15) is 5.11 Å². The maximum atomic E-state index is 9.18. The molecule has 0 unspecified atom stereocenters. The molecule has 108 valence electrons. The molecule has 1 aromatic heterocycles. The van der Waals surface area contributed by atoms with E-state index in [4.69, 9.17) is 10.5 Å². The van der Waals surface area contributed by atoms with E-state index < -0.39 is 4.87 Å². The Labute approximate surface area is 119 Å². The van der Waals surface area contributed by atoms with Crippen molar-refractivity contribution in [3.05, 3.63) is 6.20 Å². The number of aromatic nitrogens is 2. The smallest absolute Gasteiger partial charge is 0.222 e. The number of hydrogen-bond donors (Lipinski definition) is 4. The first-order chi connectivity index (χ1) is 9.04. The monoisotopic (exact) mass is 286 g/mol. The SMILES string of the molecule is CCCC[C@](S)(CCO)Nc1nc(N)ncc1OC. The highest BCUT2D eigenvalue weighted by atomic mass is 32.1. The van der Waals surface area contributed by atoms with E-state index in [-0.39, 0.29) is 12.6 Å². The summed E-state index contributed by atoms with van der Waals surface area (Å²) in [7, 11) is 1.54. The third-order valence-corrected chi connectivity index (χ3v) is 3.37.